The van der Waals surface area contributed by atoms with Crippen LogP contribution in [0.25, 0.3) is 0 Å². The summed E-state index contributed by atoms with van der Waals surface area (Å²) in [7, 11) is 1.70. The van der Waals surface area contributed by atoms with Crippen molar-refractivity contribution in [2.45, 2.75) is 38.8 Å². The van der Waals surface area contributed by atoms with E-state index in [9.17, 15) is 4.79 Å². The third-order valence-corrected chi connectivity index (χ3v) is 5.57. The predicted octanol–water partition coefficient (Wildman–Crippen LogP) is 2.10. The molecular formula is C22H36N4O4. The molecule has 3 rings (SSSR count). The molecule has 2 amide bonds. The Kier molecular flexibility index (Phi) is 10.4. The highest BCUT2D eigenvalue weighted by molar-refractivity contribution is 5.74. The van der Waals surface area contributed by atoms with Crippen LogP contribution in [0.1, 0.15) is 31.7 Å². The van der Waals surface area contributed by atoms with E-state index in [-0.39, 0.29) is 12.5 Å². The minimum absolute atomic E-state index is 0.111. The minimum atomic E-state index is -0.250. The second kappa shape index (κ2) is 13.1. The molecule has 30 heavy (non-hydrogen) atoms. The van der Waals surface area contributed by atoms with E-state index in [1.54, 1.807) is 7.11 Å². The van der Waals surface area contributed by atoms with E-state index in [1.165, 1.54) is 24.9 Å². The van der Waals surface area contributed by atoms with Crippen molar-refractivity contribution >= 4 is 12.5 Å². The smallest absolute Gasteiger partial charge is 0.317 e. The zero-order valence-electron chi connectivity index (χ0n) is 18.3. The molecular weight excluding hydrogens is 384 g/mol. The van der Waals surface area contributed by atoms with Crippen LogP contribution in [0, 0.1) is 0 Å². The highest BCUT2D eigenvalue weighted by Crippen LogP contribution is 2.16. The number of piperazine rings is 1. The number of hydrogen-bond donors (Lipinski definition) is 2. The fourth-order valence-electron chi connectivity index (χ4n) is 4.10. The fraction of sp³-hybridized carbons (Fsp3) is 0.636. The second-order valence-electron chi connectivity index (χ2n) is 7.81. The van der Waals surface area contributed by atoms with Crippen LogP contribution in [0.2, 0.25) is 0 Å². The van der Waals surface area contributed by atoms with Crippen molar-refractivity contribution in [3.05, 3.63) is 29.8 Å². The average Bonchev–Trinajstić information content (AvgIpc) is 2.75. The number of ether oxygens (including phenoxy) is 1. The average molecular weight is 421 g/mol. The van der Waals surface area contributed by atoms with Gasteiger partial charge in [-0.15, -0.1) is 0 Å². The maximum atomic E-state index is 12.6. The standard InChI is InChI=1S/C21H34N4O2.CH2O2/c1-3-9-23-10-5-7-19(17-23)22-21(26)25-13-11-24(12-14-25)16-18-6-4-8-20(15-18)27-2;2-1-3/h4,6,8,15,19H,3,5,7,9-14,16-17H2,1-2H3,(H,22,26);1H,(H,2,3). The summed E-state index contributed by atoms with van der Waals surface area (Å²) in [6, 6.07) is 8.63. The van der Waals surface area contributed by atoms with E-state index in [2.05, 4.69) is 34.2 Å². The number of urea groups is 1. The lowest BCUT2D eigenvalue weighted by Crippen LogP contribution is -2.55. The molecule has 8 nitrogen and oxygen atoms in total. The number of piperidine rings is 1. The van der Waals surface area contributed by atoms with Crippen LogP contribution in [0.4, 0.5) is 4.79 Å². The fourth-order valence-corrected chi connectivity index (χ4v) is 4.10. The van der Waals surface area contributed by atoms with Crippen LogP contribution < -0.4 is 10.1 Å². The number of nitrogens with one attached hydrogen (secondary N) is 1. The number of likely N-dealkylation sites (tertiary alicyclic amines) is 1. The summed E-state index contributed by atoms with van der Waals surface area (Å²) in [4.78, 5) is 27.9. The molecule has 2 fully saturated rings. The topological polar surface area (TPSA) is 85.4 Å². The van der Waals surface area contributed by atoms with Gasteiger partial charge in [-0.3, -0.25) is 9.69 Å². The Balaban J connectivity index is 0.00000101. The quantitative estimate of drug-likeness (QED) is 0.686. The number of methoxy groups -OCH3 is 1. The molecule has 2 N–H and O–H groups in total. The maximum absolute atomic E-state index is 12.6. The highest BCUT2D eigenvalue weighted by Gasteiger charge is 2.25. The van der Waals surface area contributed by atoms with Gasteiger partial charge >= 0.3 is 6.03 Å². The Bertz CT molecular complexity index is 648. The minimum Gasteiger partial charge on any atom is -0.497 e. The van der Waals surface area contributed by atoms with Crippen LogP contribution in [0.15, 0.2) is 24.3 Å². The van der Waals surface area contributed by atoms with Crippen molar-refractivity contribution in [2.24, 2.45) is 0 Å². The number of hydrogen-bond acceptors (Lipinski definition) is 5. The molecule has 0 bridgehead atoms. The van der Waals surface area contributed by atoms with Gasteiger partial charge in [-0.25, -0.2) is 4.79 Å². The van der Waals surface area contributed by atoms with Crippen molar-refractivity contribution in [1.82, 2.24) is 20.0 Å². The Morgan fingerprint density at radius 2 is 1.97 bits per heavy atom. The van der Waals surface area contributed by atoms with E-state index in [0.29, 0.717) is 6.04 Å². The molecule has 2 heterocycles. The predicted molar refractivity (Wildman–Crippen MR) is 117 cm³/mol. The largest absolute Gasteiger partial charge is 0.497 e. The van der Waals surface area contributed by atoms with E-state index in [1.807, 2.05) is 17.0 Å². The first kappa shape index (κ1) is 24.0. The Labute approximate surface area is 179 Å². The van der Waals surface area contributed by atoms with Gasteiger partial charge in [-0.1, -0.05) is 19.1 Å². The van der Waals surface area contributed by atoms with Gasteiger partial charge in [0.15, 0.2) is 0 Å². The lowest BCUT2D eigenvalue weighted by Gasteiger charge is -2.37. The molecule has 1 unspecified atom stereocenters. The van der Waals surface area contributed by atoms with Crippen LogP contribution >= 0.6 is 0 Å². The lowest BCUT2D eigenvalue weighted by atomic mass is 10.1. The van der Waals surface area contributed by atoms with Crippen LogP contribution in [-0.4, -0.2) is 91.3 Å². The monoisotopic (exact) mass is 420 g/mol. The van der Waals surface area contributed by atoms with Crippen molar-refractivity contribution in [1.29, 1.82) is 0 Å². The maximum Gasteiger partial charge on any atom is 0.317 e. The SMILES string of the molecule is CCCN1CCCC(NC(=O)N2CCN(Cc3cccc(OC)c3)CC2)C1.O=CO. The van der Waals surface area contributed by atoms with Gasteiger partial charge in [0.05, 0.1) is 7.11 Å². The normalized spacial score (nSPS) is 20.1. The van der Waals surface area contributed by atoms with Gasteiger partial charge in [-0.2, -0.15) is 0 Å². The summed E-state index contributed by atoms with van der Waals surface area (Å²) in [6.07, 6.45) is 3.46. The summed E-state index contributed by atoms with van der Waals surface area (Å²) in [5.41, 5.74) is 1.26. The first-order valence-electron chi connectivity index (χ1n) is 10.8. The molecule has 0 radical (unpaired) electrons. The van der Waals surface area contributed by atoms with Crippen LogP contribution in [-0.2, 0) is 11.3 Å². The zero-order chi connectivity index (χ0) is 21.8. The summed E-state index contributed by atoms with van der Waals surface area (Å²) in [5.74, 6) is 0.898. The van der Waals surface area contributed by atoms with Crippen molar-refractivity contribution < 1.29 is 19.4 Å². The van der Waals surface area contributed by atoms with Gasteiger partial charge in [0.25, 0.3) is 6.47 Å². The molecule has 0 spiro atoms. The summed E-state index contributed by atoms with van der Waals surface area (Å²) < 4.78 is 5.30. The molecule has 2 aliphatic rings. The summed E-state index contributed by atoms with van der Waals surface area (Å²) >= 11 is 0. The Morgan fingerprint density at radius 1 is 1.23 bits per heavy atom. The van der Waals surface area contributed by atoms with E-state index in [4.69, 9.17) is 14.6 Å². The zero-order valence-corrected chi connectivity index (χ0v) is 18.3. The molecule has 2 saturated heterocycles. The highest BCUT2D eigenvalue weighted by atomic mass is 16.5. The molecule has 1 aromatic carbocycles. The van der Waals surface area contributed by atoms with Crippen molar-refractivity contribution in [3.8, 4) is 5.75 Å². The molecule has 168 valence electrons. The molecule has 0 aromatic heterocycles. The van der Waals surface area contributed by atoms with Gasteiger partial charge in [0, 0.05) is 45.3 Å². The third-order valence-electron chi connectivity index (χ3n) is 5.57. The number of carbonyl (C=O) groups is 2. The molecule has 0 saturated carbocycles. The van der Waals surface area contributed by atoms with E-state index >= 15 is 0 Å². The third kappa shape index (κ3) is 7.84. The van der Waals surface area contributed by atoms with E-state index in [0.717, 1.165) is 58.0 Å². The molecule has 2 aliphatic heterocycles. The first-order valence-corrected chi connectivity index (χ1v) is 10.8. The van der Waals surface area contributed by atoms with Crippen molar-refractivity contribution in [2.75, 3.05) is 52.9 Å². The van der Waals surface area contributed by atoms with Crippen molar-refractivity contribution in [3.63, 3.8) is 0 Å². The summed E-state index contributed by atoms with van der Waals surface area (Å²) in [6.45, 7) is 9.58. The van der Waals surface area contributed by atoms with Gasteiger partial charge in [0.2, 0.25) is 0 Å². The second-order valence-corrected chi connectivity index (χ2v) is 7.81. The number of nitrogens with zero attached hydrogens (tertiary/aromatic N) is 3. The first-order chi connectivity index (χ1) is 14.6. The molecule has 1 aromatic rings. The van der Waals surface area contributed by atoms with Gasteiger partial charge in [-0.05, 0) is 50.0 Å². The van der Waals surface area contributed by atoms with E-state index < -0.39 is 0 Å². The molecule has 0 aliphatic carbocycles. The number of amides is 2. The van der Waals surface area contributed by atoms with Crippen LogP contribution in [0.3, 0.4) is 0 Å². The number of carbonyl (C=O) groups excluding carboxylic acids is 1. The van der Waals surface area contributed by atoms with Gasteiger partial charge < -0.3 is 25.0 Å². The van der Waals surface area contributed by atoms with Crippen LogP contribution in [0.5, 0.6) is 5.75 Å². The van der Waals surface area contributed by atoms with Gasteiger partial charge in [0.1, 0.15) is 5.75 Å². The lowest BCUT2D eigenvalue weighted by molar-refractivity contribution is -0.122. The number of carboxylic acid groups (broad SMARTS) is 1. The molecule has 8 heteroatoms. The Hall–Kier alpha value is -2.32. The Morgan fingerprint density at radius 3 is 2.63 bits per heavy atom. The number of rotatable bonds is 6. The number of benzene rings is 1. The summed E-state index contributed by atoms with van der Waals surface area (Å²) in [5, 5.41) is 10.2. The molecule has 1 atom stereocenters.